The van der Waals surface area contributed by atoms with Crippen LogP contribution in [0.4, 0.5) is 0 Å². The summed E-state index contributed by atoms with van der Waals surface area (Å²) in [6, 6.07) is 32.2. The minimum atomic E-state index is 0. The van der Waals surface area contributed by atoms with E-state index in [1.165, 1.54) is 105 Å². The van der Waals surface area contributed by atoms with Crippen molar-refractivity contribution < 1.29 is 24.2 Å². The quantitative estimate of drug-likeness (QED) is 0.161. The Labute approximate surface area is 321 Å². The summed E-state index contributed by atoms with van der Waals surface area (Å²) in [5, 5.41) is 0. The Morgan fingerprint density at radius 3 is 1.69 bits per heavy atom. The molecule has 0 heterocycles. The van der Waals surface area contributed by atoms with E-state index in [2.05, 4.69) is 128 Å². The van der Waals surface area contributed by atoms with Gasteiger partial charge in [-0.2, -0.15) is 107 Å². The van der Waals surface area contributed by atoms with E-state index in [1.807, 2.05) is 48.5 Å². The number of unbranched alkanes of at least 4 members (excludes halogenated alkanes) is 1. The molecule has 0 aromatic heterocycles. The molecule has 0 saturated carbocycles. The van der Waals surface area contributed by atoms with E-state index in [0.717, 1.165) is 6.42 Å². The fourth-order valence-electron chi connectivity index (χ4n) is 5.15. The molecule has 0 nitrogen and oxygen atoms in total. The molecule has 0 fully saturated rings. The van der Waals surface area contributed by atoms with Crippen molar-refractivity contribution in [3.63, 3.8) is 0 Å². The number of benzene rings is 4. The van der Waals surface area contributed by atoms with Gasteiger partial charge in [-0.3, -0.25) is 6.08 Å². The van der Waals surface area contributed by atoms with Crippen LogP contribution in [0.3, 0.4) is 0 Å². The second-order valence-corrected chi connectivity index (χ2v) is 13.3. The topological polar surface area (TPSA) is 0 Å². The molecule has 0 N–H and O–H groups in total. The molecule has 0 aliphatic heterocycles. The predicted molar refractivity (Wildman–Crippen MR) is 212 cm³/mol. The maximum atomic E-state index is 3.54. The van der Waals surface area contributed by atoms with Crippen LogP contribution in [-0.4, -0.2) is 4.21 Å². The van der Waals surface area contributed by atoms with Gasteiger partial charge in [-0.1, -0.05) is 104 Å². The third kappa shape index (κ3) is 15.1. The van der Waals surface area contributed by atoms with Crippen LogP contribution in [0.15, 0.2) is 84.5 Å². The molecular formula is C45H56Cl2Zr-4. The third-order valence-corrected chi connectivity index (χ3v) is 8.33. The van der Waals surface area contributed by atoms with Crippen LogP contribution in [0.2, 0.25) is 0 Å². The first-order valence-corrected chi connectivity index (χ1v) is 18.3. The van der Waals surface area contributed by atoms with Crippen molar-refractivity contribution >= 4 is 29.0 Å². The summed E-state index contributed by atoms with van der Waals surface area (Å²) in [5.41, 5.74) is 15.4. The molecule has 2 aliphatic carbocycles. The summed E-state index contributed by atoms with van der Waals surface area (Å²) < 4.78 is 3.34. The van der Waals surface area contributed by atoms with Gasteiger partial charge >= 0.3 is 28.4 Å². The second-order valence-electron chi connectivity index (χ2n) is 13.3. The van der Waals surface area contributed by atoms with E-state index in [0.29, 0.717) is 11.3 Å². The molecule has 4 aromatic carbocycles. The van der Waals surface area contributed by atoms with Gasteiger partial charge in [0.25, 0.3) is 0 Å². The molecule has 48 heavy (non-hydrogen) atoms. The van der Waals surface area contributed by atoms with Gasteiger partial charge in [-0.25, -0.2) is 6.08 Å². The van der Waals surface area contributed by atoms with Gasteiger partial charge in [0, 0.05) is 0 Å². The Balaban J connectivity index is 0.000000633. The van der Waals surface area contributed by atoms with E-state index >= 15 is 0 Å². The van der Waals surface area contributed by atoms with Crippen LogP contribution in [0.1, 0.15) is 91.5 Å². The first-order valence-electron chi connectivity index (χ1n) is 16.5. The molecule has 2 aliphatic rings. The molecule has 0 saturated heterocycles. The van der Waals surface area contributed by atoms with Crippen molar-refractivity contribution in [1.29, 1.82) is 0 Å². The number of allylic oxidation sites excluding steroid dienone is 4. The van der Waals surface area contributed by atoms with Crippen LogP contribution < -0.4 is 0 Å². The van der Waals surface area contributed by atoms with Crippen LogP contribution in [0, 0.1) is 77.2 Å². The molecule has 258 valence electrons. The van der Waals surface area contributed by atoms with Crippen LogP contribution in [0.25, 0.3) is 11.1 Å². The summed E-state index contributed by atoms with van der Waals surface area (Å²) in [6.45, 7) is 21.9. The van der Waals surface area contributed by atoms with Gasteiger partial charge in [-0.15, -0.1) is 35.9 Å². The standard InChI is InChI=1S/C17H17.C13H21.2C7H7.CH2.2ClH.Zr/c1-10-5-14-9-15-6-11(2)13(4)8-17(15)16(14)7-12(10)3;1-5-6-7-11-8-9-12(10-11)13(2,3)4;2*1-7-5-3-2-4-6-7;;;;/h5,7-8H,9H2,1-4H3;9-11H,5-7H2,1-4H3;2*3-6H,1H3;1H2;2*1H;/q4*-1;;;;. The van der Waals surface area contributed by atoms with E-state index in [9.17, 15) is 0 Å². The molecule has 0 amide bonds. The first-order chi connectivity index (χ1) is 21.9. The van der Waals surface area contributed by atoms with Crippen LogP contribution >= 0.6 is 24.8 Å². The SMILES string of the molecule is CCCCC1[C-]=CC(C(C)(C)C)=C1.Cc1[c-]c2c(cc1C)-c1cc(C)c(C)cc1C2.Cc1cc[c-]cc1.Cc1cc[c-]cc1.Cl.Cl.[CH2]=[Zr]. The zero-order chi connectivity index (χ0) is 34.3. The average Bonchev–Trinajstić information content (AvgIpc) is 3.64. The average molecular weight is 759 g/mol. The van der Waals surface area contributed by atoms with Gasteiger partial charge < -0.3 is 0 Å². The second kappa shape index (κ2) is 23.2. The third-order valence-electron chi connectivity index (χ3n) is 8.33. The predicted octanol–water partition coefficient (Wildman–Crippen LogP) is 12.8. The maximum absolute atomic E-state index is 3.54. The van der Waals surface area contributed by atoms with Gasteiger partial charge in [0.2, 0.25) is 0 Å². The van der Waals surface area contributed by atoms with E-state index in [4.69, 9.17) is 0 Å². The van der Waals surface area contributed by atoms with Crippen molar-refractivity contribution in [1.82, 2.24) is 0 Å². The molecule has 0 spiro atoms. The van der Waals surface area contributed by atoms with Gasteiger partial charge in [0.1, 0.15) is 0 Å². The van der Waals surface area contributed by atoms with Crippen molar-refractivity contribution in [2.75, 3.05) is 0 Å². The zero-order valence-corrected chi connectivity index (χ0v) is 35.0. The van der Waals surface area contributed by atoms with Crippen molar-refractivity contribution in [3.8, 4) is 11.1 Å². The minimum absolute atomic E-state index is 0. The number of hydrogen-bond donors (Lipinski definition) is 0. The Bertz CT molecular complexity index is 1470. The van der Waals surface area contributed by atoms with Crippen molar-refractivity contribution in [2.24, 2.45) is 11.3 Å². The van der Waals surface area contributed by atoms with E-state index < -0.39 is 0 Å². The van der Waals surface area contributed by atoms with Crippen molar-refractivity contribution in [2.45, 2.75) is 94.9 Å². The fourth-order valence-corrected chi connectivity index (χ4v) is 5.15. The van der Waals surface area contributed by atoms with Gasteiger partial charge in [0.05, 0.1) is 0 Å². The van der Waals surface area contributed by atoms with Gasteiger partial charge in [0.15, 0.2) is 0 Å². The van der Waals surface area contributed by atoms with E-state index in [1.54, 1.807) is 0 Å². The van der Waals surface area contributed by atoms with Gasteiger partial charge in [-0.05, 0) is 37.0 Å². The Hall–Kier alpha value is -2.31. The summed E-state index contributed by atoms with van der Waals surface area (Å²) >= 11 is 1.30. The number of halogens is 2. The first kappa shape index (κ1) is 45.7. The Morgan fingerprint density at radius 2 is 1.25 bits per heavy atom. The summed E-state index contributed by atoms with van der Waals surface area (Å²) in [6.07, 6.45) is 12.9. The van der Waals surface area contributed by atoms with Crippen LogP contribution in [0.5, 0.6) is 0 Å². The molecule has 0 bridgehead atoms. The molecule has 3 heteroatoms. The normalized spacial score (nSPS) is 13.0. The number of aryl methyl sites for hydroxylation is 6. The summed E-state index contributed by atoms with van der Waals surface area (Å²) in [5.74, 6) is 0.592. The monoisotopic (exact) mass is 756 g/mol. The van der Waals surface area contributed by atoms with Crippen molar-refractivity contribution in [3.05, 3.63) is 153 Å². The number of hydrogen-bond acceptors (Lipinski definition) is 0. The Morgan fingerprint density at radius 1 is 0.750 bits per heavy atom. The fraction of sp³-hybridized carbons (Fsp3) is 0.356. The zero-order valence-electron chi connectivity index (χ0n) is 30.9. The summed E-state index contributed by atoms with van der Waals surface area (Å²) in [4.78, 5) is 0. The molecule has 0 radical (unpaired) electrons. The number of fused-ring (bicyclic) bond motifs is 3. The molecule has 1 atom stereocenters. The summed E-state index contributed by atoms with van der Waals surface area (Å²) in [7, 11) is 0. The number of rotatable bonds is 3. The van der Waals surface area contributed by atoms with E-state index in [-0.39, 0.29) is 24.8 Å². The molecule has 6 rings (SSSR count). The molecular weight excluding hydrogens is 703 g/mol. The molecule has 1 unspecified atom stereocenters. The molecule has 4 aromatic rings. The van der Waals surface area contributed by atoms with Crippen LogP contribution in [-0.2, 0) is 30.7 Å². The Kier molecular flexibility index (Phi) is 22.0.